The van der Waals surface area contributed by atoms with Crippen molar-refractivity contribution in [2.24, 2.45) is 5.73 Å². The summed E-state index contributed by atoms with van der Waals surface area (Å²) >= 11 is 0. The van der Waals surface area contributed by atoms with Crippen LogP contribution in [0.4, 0.5) is 15.3 Å². The summed E-state index contributed by atoms with van der Waals surface area (Å²) in [6.45, 7) is 5.26. The first-order valence-corrected chi connectivity index (χ1v) is 13.5. The number of fused-ring (bicyclic) bond motifs is 1. The highest BCUT2D eigenvalue weighted by atomic mass is 16.6. The summed E-state index contributed by atoms with van der Waals surface area (Å²) in [6, 6.07) is 8.85. The number of allylic oxidation sites excluding steroid dienone is 1. The number of amides is 3. The number of para-hydroxylation sites is 2. The van der Waals surface area contributed by atoms with Crippen LogP contribution in [0.25, 0.3) is 11.0 Å². The summed E-state index contributed by atoms with van der Waals surface area (Å²) < 4.78 is 18.0. The Morgan fingerprint density at radius 3 is 2.53 bits per heavy atom. The second-order valence-corrected chi connectivity index (χ2v) is 10.4. The highest BCUT2D eigenvalue weighted by Gasteiger charge is 2.25. The van der Waals surface area contributed by atoms with Crippen LogP contribution in [0.5, 0.6) is 0 Å². The minimum atomic E-state index is -1.11. The Labute approximate surface area is 247 Å². The molecule has 14 nitrogen and oxygen atoms in total. The van der Waals surface area contributed by atoms with Crippen LogP contribution in [0.2, 0.25) is 0 Å². The summed E-state index contributed by atoms with van der Waals surface area (Å²) in [5, 5.41) is 5.01. The molecule has 4 N–H and O–H groups in total. The monoisotopic (exact) mass is 596 g/mol. The molecule has 3 aromatic rings. The highest BCUT2D eigenvalue weighted by Crippen LogP contribution is 2.19. The number of hydrogen-bond acceptors (Lipinski definition) is 9. The Bertz CT molecular complexity index is 1550. The molecule has 1 aromatic carbocycles. The summed E-state index contributed by atoms with van der Waals surface area (Å²) in [7, 11) is 1.45. The van der Waals surface area contributed by atoms with E-state index in [1.165, 1.54) is 34.6 Å². The first-order chi connectivity index (χ1) is 20.4. The van der Waals surface area contributed by atoms with Crippen molar-refractivity contribution in [3.05, 3.63) is 70.9 Å². The van der Waals surface area contributed by atoms with Crippen LogP contribution < -0.4 is 21.9 Å². The van der Waals surface area contributed by atoms with E-state index in [2.05, 4.69) is 15.6 Å². The van der Waals surface area contributed by atoms with Crippen LogP contribution in [0.3, 0.4) is 0 Å². The number of carbonyl (C=O) groups excluding carboxylic acids is 4. The first kappa shape index (κ1) is 32.5. The molecule has 0 aliphatic carbocycles. The molecule has 0 saturated carbocycles. The van der Waals surface area contributed by atoms with E-state index < -0.39 is 41.2 Å². The first-order valence-electron chi connectivity index (χ1n) is 13.5. The fraction of sp³-hybridized carbons (Fsp3) is 0.379. The Kier molecular flexibility index (Phi) is 11.2. The number of imidazole rings is 1. The third kappa shape index (κ3) is 9.53. The van der Waals surface area contributed by atoms with Crippen molar-refractivity contribution in [2.75, 3.05) is 25.6 Å². The standard InChI is InChI=1S/C29H36N6O8/c1-29(2,3)43-28(40)35-22-13-7-5-10-19(22)31-24(35)18-34-15-9-12-21(26(34)38)32-25(37)20(11-6-8-14-23(30)36)33-27(39)42-17-16-41-4/h5,7-10,12-15,20H,6,11,16-18H2,1-4H3,(H2,30,36)(H,32,37)(H,33,39)/b14-8+/t20-/m0/s1. The molecule has 0 bridgehead atoms. The predicted octanol–water partition coefficient (Wildman–Crippen LogP) is 2.53. The molecule has 0 fully saturated rings. The predicted molar refractivity (Wildman–Crippen MR) is 158 cm³/mol. The van der Waals surface area contributed by atoms with Crippen molar-refractivity contribution in [2.45, 2.75) is 51.8 Å². The molecule has 2 heterocycles. The van der Waals surface area contributed by atoms with E-state index in [0.717, 1.165) is 6.08 Å². The Morgan fingerprint density at radius 2 is 1.84 bits per heavy atom. The average molecular weight is 597 g/mol. The lowest BCUT2D eigenvalue weighted by Crippen LogP contribution is -2.45. The van der Waals surface area contributed by atoms with Gasteiger partial charge in [0.15, 0.2) is 0 Å². The van der Waals surface area contributed by atoms with Gasteiger partial charge in [-0.1, -0.05) is 18.2 Å². The van der Waals surface area contributed by atoms with Crippen LogP contribution in [0, 0.1) is 0 Å². The number of primary amides is 1. The summed E-state index contributed by atoms with van der Waals surface area (Å²) in [4.78, 5) is 67.4. The fourth-order valence-electron chi connectivity index (χ4n) is 3.95. The number of alkyl carbamates (subject to hydrolysis) is 1. The molecule has 230 valence electrons. The van der Waals surface area contributed by atoms with Gasteiger partial charge in [-0.2, -0.15) is 0 Å². The Balaban J connectivity index is 1.85. The summed E-state index contributed by atoms with van der Waals surface area (Å²) in [6.07, 6.45) is 2.90. The van der Waals surface area contributed by atoms with E-state index in [1.807, 2.05) is 0 Å². The van der Waals surface area contributed by atoms with Crippen LogP contribution in [0.1, 0.15) is 39.4 Å². The largest absolute Gasteiger partial charge is 0.447 e. The topological polar surface area (TPSA) is 186 Å². The minimum absolute atomic E-state index is 0.0320. The second-order valence-electron chi connectivity index (χ2n) is 10.4. The molecular weight excluding hydrogens is 560 g/mol. The molecule has 0 aliphatic heterocycles. The zero-order valence-corrected chi connectivity index (χ0v) is 24.5. The molecule has 0 radical (unpaired) electrons. The Morgan fingerprint density at radius 1 is 1.09 bits per heavy atom. The third-order valence-corrected chi connectivity index (χ3v) is 5.83. The normalized spacial score (nSPS) is 12.2. The van der Waals surface area contributed by atoms with Gasteiger partial charge in [0.2, 0.25) is 11.8 Å². The third-order valence-electron chi connectivity index (χ3n) is 5.83. The van der Waals surface area contributed by atoms with Crippen LogP contribution >= 0.6 is 0 Å². The number of ether oxygens (including phenoxy) is 3. The Hall–Kier alpha value is -4.98. The van der Waals surface area contributed by atoms with Crippen molar-refractivity contribution in [1.29, 1.82) is 0 Å². The van der Waals surface area contributed by atoms with Gasteiger partial charge < -0.3 is 35.1 Å². The quantitative estimate of drug-likeness (QED) is 0.209. The smallest absolute Gasteiger partial charge is 0.420 e. The van der Waals surface area contributed by atoms with Crippen molar-refractivity contribution in [1.82, 2.24) is 19.4 Å². The molecular formula is C29H36N6O8. The number of rotatable bonds is 12. The van der Waals surface area contributed by atoms with Gasteiger partial charge in [0.05, 0.1) is 24.2 Å². The van der Waals surface area contributed by atoms with Crippen molar-refractivity contribution < 1.29 is 33.4 Å². The maximum atomic E-state index is 13.4. The lowest BCUT2D eigenvalue weighted by Gasteiger charge is -2.20. The van der Waals surface area contributed by atoms with E-state index in [1.54, 1.807) is 51.1 Å². The summed E-state index contributed by atoms with van der Waals surface area (Å²) in [5.41, 5.74) is 4.75. The minimum Gasteiger partial charge on any atom is -0.447 e. The molecule has 43 heavy (non-hydrogen) atoms. The average Bonchev–Trinajstić information content (AvgIpc) is 3.29. The van der Waals surface area contributed by atoms with Gasteiger partial charge in [-0.05, 0) is 64.0 Å². The van der Waals surface area contributed by atoms with E-state index in [0.29, 0.717) is 11.0 Å². The zero-order valence-electron chi connectivity index (χ0n) is 24.5. The van der Waals surface area contributed by atoms with Gasteiger partial charge in [0, 0.05) is 13.3 Å². The molecule has 0 saturated heterocycles. The fourth-order valence-corrected chi connectivity index (χ4v) is 3.95. The number of nitrogens with one attached hydrogen (secondary N) is 2. The van der Waals surface area contributed by atoms with Gasteiger partial charge in [0.25, 0.3) is 5.56 Å². The van der Waals surface area contributed by atoms with Gasteiger partial charge in [-0.25, -0.2) is 19.1 Å². The molecule has 3 rings (SSSR count). The van der Waals surface area contributed by atoms with E-state index in [-0.39, 0.29) is 44.1 Å². The second kappa shape index (κ2) is 14.8. The van der Waals surface area contributed by atoms with Crippen LogP contribution in [-0.2, 0) is 30.3 Å². The number of pyridine rings is 1. The maximum Gasteiger partial charge on any atom is 0.420 e. The molecule has 0 aliphatic rings. The molecule has 14 heteroatoms. The van der Waals surface area contributed by atoms with Gasteiger partial charge in [-0.15, -0.1) is 0 Å². The number of carbonyl (C=O) groups is 4. The lowest BCUT2D eigenvalue weighted by atomic mass is 10.1. The molecule has 2 aromatic heterocycles. The van der Waals surface area contributed by atoms with Gasteiger partial charge >= 0.3 is 12.2 Å². The van der Waals surface area contributed by atoms with E-state index in [9.17, 15) is 24.0 Å². The molecule has 1 atom stereocenters. The van der Waals surface area contributed by atoms with Gasteiger partial charge in [0.1, 0.15) is 29.8 Å². The van der Waals surface area contributed by atoms with E-state index >= 15 is 0 Å². The molecule has 0 unspecified atom stereocenters. The number of anilines is 1. The highest BCUT2D eigenvalue weighted by molar-refractivity contribution is 5.96. The van der Waals surface area contributed by atoms with E-state index in [4.69, 9.17) is 19.9 Å². The summed E-state index contributed by atoms with van der Waals surface area (Å²) in [5.74, 6) is -1.09. The number of nitrogens with two attached hydrogens (primary N) is 1. The SMILES string of the molecule is COCCOC(=O)N[C@@H](CC/C=C/C(N)=O)C(=O)Nc1cccn(Cc2nc3ccccc3n2C(=O)OC(C)(C)C)c1=O. The number of benzene rings is 1. The number of hydrogen-bond donors (Lipinski definition) is 3. The van der Waals surface area contributed by atoms with Crippen molar-refractivity contribution in [3.8, 4) is 0 Å². The van der Waals surface area contributed by atoms with Crippen LogP contribution in [-0.4, -0.2) is 70.1 Å². The number of methoxy groups -OCH3 is 1. The zero-order chi connectivity index (χ0) is 31.6. The maximum absolute atomic E-state index is 13.4. The van der Waals surface area contributed by atoms with Crippen molar-refractivity contribution >= 4 is 40.7 Å². The number of aromatic nitrogens is 3. The van der Waals surface area contributed by atoms with Gasteiger partial charge in [-0.3, -0.25) is 14.4 Å². The molecule has 3 amide bonds. The van der Waals surface area contributed by atoms with Crippen LogP contribution in [0.15, 0.2) is 59.5 Å². The molecule has 0 spiro atoms. The lowest BCUT2D eigenvalue weighted by molar-refractivity contribution is -0.118. The van der Waals surface area contributed by atoms with Crippen molar-refractivity contribution in [3.63, 3.8) is 0 Å². The number of nitrogens with zero attached hydrogens (tertiary/aromatic N) is 3.